The number of halogens is 6. The van der Waals surface area contributed by atoms with Crippen LogP contribution in [0.25, 0.3) is 0 Å². The van der Waals surface area contributed by atoms with E-state index in [1.807, 2.05) is 0 Å². The molecule has 38 heavy (non-hydrogen) atoms. The minimum atomic E-state index is -4.80. The van der Waals surface area contributed by atoms with Crippen LogP contribution in [0.1, 0.15) is 33.0 Å². The van der Waals surface area contributed by atoms with Gasteiger partial charge in [0.05, 0.1) is 11.1 Å². The Kier molecular flexibility index (Phi) is 6.79. The van der Waals surface area contributed by atoms with Gasteiger partial charge in [0.15, 0.2) is 30.4 Å². The fourth-order valence-corrected chi connectivity index (χ4v) is 8.21. The topological polar surface area (TPSA) is 109 Å². The number of rotatable bonds is 5. The molecule has 0 unspecified atom stereocenters. The maximum absolute atomic E-state index is 13.2. The first-order valence-corrected chi connectivity index (χ1v) is 14.2. The van der Waals surface area contributed by atoms with Crippen LogP contribution in [0.2, 0.25) is 0 Å². The third-order valence-corrected chi connectivity index (χ3v) is 9.83. The number of nitrogens with zero attached hydrogens (tertiary/aromatic N) is 2. The summed E-state index contributed by atoms with van der Waals surface area (Å²) in [6.45, 7) is -1.20. The fraction of sp³-hybridized carbons (Fsp3) is 0.364. The lowest BCUT2D eigenvalue weighted by Gasteiger charge is -2.29. The van der Waals surface area contributed by atoms with Crippen LogP contribution in [0, 0.1) is 0 Å². The second-order valence-corrected chi connectivity index (χ2v) is 12.9. The molecule has 2 atom stereocenters. The Hall–Kier alpha value is -3.14. The van der Waals surface area contributed by atoms with Gasteiger partial charge in [-0.05, 0) is 35.4 Å². The maximum Gasteiger partial charge on any atom is 0.416 e. The summed E-state index contributed by atoms with van der Waals surface area (Å²) < 4.78 is 130. The molecule has 0 spiro atoms. The maximum atomic E-state index is 13.2. The van der Waals surface area contributed by atoms with Crippen molar-refractivity contribution >= 4 is 31.5 Å². The molecule has 0 bridgehead atoms. The summed E-state index contributed by atoms with van der Waals surface area (Å²) in [6, 6.07) is 6.68. The van der Waals surface area contributed by atoms with E-state index in [1.54, 1.807) is 0 Å². The Labute approximate surface area is 212 Å². The van der Waals surface area contributed by atoms with E-state index < -0.39 is 90.3 Å². The number of carbonyl (C=O) groups excluding carboxylic acids is 2. The first-order valence-electron chi connectivity index (χ1n) is 10.8. The van der Waals surface area contributed by atoms with Gasteiger partial charge in [0.2, 0.25) is 11.8 Å². The highest BCUT2D eigenvalue weighted by molar-refractivity contribution is 7.93. The highest BCUT2D eigenvalue weighted by Gasteiger charge is 2.49. The van der Waals surface area contributed by atoms with E-state index in [9.17, 15) is 52.8 Å². The predicted octanol–water partition coefficient (Wildman–Crippen LogP) is 2.94. The lowest BCUT2D eigenvalue weighted by Crippen LogP contribution is -2.40. The van der Waals surface area contributed by atoms with Crippen LogP contribution in [0.15, 0.2) is 48.5 Å². The minimum Gasteiger partial charge on any atom is -0.319 e. The second-order valence-electron chi connectivity index (χ2n) is 8.74. The monoisotopic (exact) mass is 584 g/mol. The number of benzene rings is 2. The molecule has 2 aromatic rings. The summed E-state index contributed by atoms with van der Waals surface area (Å²) in [4.78, 5) is 26.5. The zero-order valence-corrected chi connectivity index (χ0v) is 20.7. The summed E-state index contributed by atoms with van der Waals surface area (Å²) >= 11 is 0. The molecule has 0 saturated carbocycles. The Morgan fingerprint density at radius 3 is 1.32 bits per heavy atom. The molecule has 2 heterocycles. The Morgan fingerprint density at radius 1 is 0.658 bits per heavy atom. The third-order valence-electron chi connectivity index (χ3n) is 6.12. The van der Waals surface area contributed by atoms with Gasteiger partial charge in [-0.25, -0.2) is 16.8 Å². The molecule has 2 saturated heterocycles. The molecule has 2 fully saturated rings. The molecule has 2 aliphatic rings. The van der Waals surface area contributed by atoms with Crippen molar-refractivity contribution in [1.29, 1.82) is 0 Å². The van der Waals surface area contributed by atoms with Crippen molar-refractivity contribution in [3.05, 3.63) is 70.8 Å². The summed E-state index contributed by atoms with van der Waals surface area (Å²) in [7, 11) is -8.62. The lowest BCUT2D eigenvalue weighted by molar-refractivity contribution is -0.138. The molecule has 0 aliphatic carbocycles. The fourth-order valence-electron chi connectivity index (χ4n) is 4.53. The van der Waals surface area contributed by atoms with E-state index in [0.29, 0.717) is 34.1 Å². The molecule has 8 nitrogen and oxygen atoms in total. The van der Waals surface area contributed by atoms with Gasteiger partial charge in [-0.3, -0.25) is 9.59 Å². The summed E-state index contributed by atoms with van der Waals surface area (Å²) in [6.07, 6.45) is -9.61. The Bertz CT molecular complexity index is 1390. The van der Waals surface area contributed by atoms with Crippen LogP contribution in [-0.2, 0) is 41.6 Å². The zero-order chi connectivity index (χ0) is 28.3. The first kappa shape index (κ1) is 27.9. The molecule has 2 aromatic carbocycles. The lowest BCUT2D eigenvalue weighted by atomic mass is 10.1. The van der Waals surface area contributed by atoms with Gasteiger partial charge in [-0.2, -0.15) is 26.3 Å². The van der Waals surface area contributed by atoms with Gasteiger partial charge < -0.3 is 9.80 Å². The summed E-state index contributed by atoms with van der Waals surface area (Å²) in [5.74, 6) is -4.04. The minimum absolute atomic E-state index is 0.361. The highest BCUT2D eigenvalue weighted by Crippen LogP contribution is 2.39. The van der Waals surface area contributed by atoms with E-state index >= 15 is 0 Å². The van der Waals surface area contributed by atoms with Crippen LogP contribution in [0.3, 0.4) is 0 Å². The molecule has 0 aromatic heterocycles. The number of amides is 2. The summed E-state index contributed by atoms with van der Waals surface area (Å²) in [5.41, 5.74) is -3.04. The predicted molar refractivity (Wildman–Crippen MR) is 119 cm³/mol. The molecule has 206 valence electrons. The van der Waals surface area contributed by atoms with Crippen molar-refractivity contribution in [2.45, 2.75) is 23.1 Å². The van der Waals surface area contributed by atoms with E-state index in [-0.39, 0.29) is 11.1 Å². The van der Waals surface area contributed by atoms with Crippen molar-refractivity contribution in [2.75, 3.05) is 24.6 Å². The number of carbonyl (C=O) groups is 2. The molecule has 16 heteroatoms. The molecule has 0 N–H and O–H groups in total. The molecular weight excluding hydrogens is 566 g/mol. The van der Waals surface area contributed by atoms with E-state index in [2.05, 4.69) is 0 Å². The Morgan fingerprint density at radius 2 is 1.00 bits per heavy atom. The average Bonchev–Trinajstić information content (AvgIpc) is 3.16. The van der Waals surface area contributed by atoms with Crippen LogP contribution in [0.4, 0.5) is 26.3 Å². The number of hydrogen-bond donors (Lipinski definition) is 0. The highest BCUT2D eigenvalue weighted by atomic mass is 32.2. The SMILES string of the molecule is O=C1CS(=O)(=O)[C@H](c2cccc(C(F)(F)F)c2)N1CCN1C(=O)CS(=O)(=O)[C@@H]1c1cccc(C(F)(F)F)c1. The van der Waals surface area contributed by atoms with Gasteiger partial charge in [-0.15, -0.1) is 0 Å². The second kappa shape index (κ2) is 9.25. The third kappa shape index (κ3) is 5.23. The van der Waals surface area contributed by atoms with Gasteiger partial charge in [-0.1, -0.05) is 24.3 Å². The standard InChI is InChI=1S/C22H18F6N2O6S2/c23-21(24,25)15-5-1-3-13(9-15)19-29(17(31)11-37(19,33)34)7-8-30-18(32)12-38(35,36)20(30)14-4-2-6-16(10-14)22(26,27)28/h1-6,9-10,19-20H,7-8,11-12H2/t19-,20-/m1/s1. The van der Waals surface area contributed by atoms with Gasteiger partial charge >= 0.3 is 12.4 Å². The molecule has 2 amide bonds. The van der Waals surface area contributed by atoms with Gasteiger partial charge in [0, 0.05) is 13.1 Å². The van der Waals surface area contributed by atoms with Crippen LogP contribution in [0.5, 0.6) is 0 Å². The number of sulfone groups is 2. The van der Waals surface area contributed by atoms with Gasteiger partial charge in [0.25, 0.3) is 0 Å². The van der Waals surface area contributed by atoms with Crippen LogP contribution in [-0.4, -0.2) is 63.0 Å². The molecular formula is C22H18F6N2O6S2. The van der Waals surface area contributed by atoms with Crippen LogP contribution < -0.4 is 0 Å². The van der Waals surface area contributed by atoms with E-state index in [4.69, 9.17) is 0 Å². The molecule has 2 aliphatic heterocycles. The number of hydrogen-bond acceptors (Lipinski definition) is 6. The number of alkyl halides is 6. The smallest absolute Gasteiger partial charge is 0.319 e. The van der Waals surface area contributed by atoms with Crippen molar-refractivity contribution in [2.24, 2.45) is 0 Å². The molecule has 0 radical (unpaired) electrons. The van der Waals surface area contributed by atoms with Crippen molar-refractivity contribution in [3.63, 3.8) is 0 Å². The van der Waals surface area contributed by atoms with Crippen molar-refractivity contribution < 1.29 is 52.8 Å². The largest absolute Gasteiger partial charge is 0.416 e. The van der Waals surface area contributed by atoms with Crippen molar-refractivity contribution in [3.8, 4) is 0 Å². The first-order chi connectivity index (χ1) is 17.4. The summed E-state index contributed by atoms with van der Waals surface area (Å²) in [5, 5.41) is -3.67. The van der Waals surface area contributed by atoms with Crippen molar-refractivity contribution in [1.82, 2.24) is 9.80 Å². The quantitative estimate of drug-likeness (QED) is 0.501. The van der Waals surface area contributed by atoms with Crippen LogP contribution >= 0.6 is 0 Å². The van der Waals surface area contributed by atoms with Gasteiger partial charge in [0.1, 0.15) is 11.5 Å². The zero-order valence-electron chi connectivity index (χ0n) is 19.0. The van der Waals surface area contributed by atoms with E-state index in [1.165, 1.54) is 0 Å². The Balaban J connectivity index is 1.67. The normalized spacial score (nSPS) is 23.3. The molecule has 4 rings (SSSR count). The average molecular weight is 585 g/mol. The van der Waals surface area contributed by atoms with E-state index in [0.717, 1.165) is 24.3 Å².